The fourth-order valence-corrected chi connectivity index (χ4v) is 2.62. The molecule has 6 nitrogen and oxygen atoms in total. The molecule has 10 heteroatoms. The van der Waals surface area contributed by atoms with Gasteiger partial charge in [-0.1, -0.05) is 0 Å². The molecule has 0 spiro atoms. The molecule has 0 N–H and O–H groups in total. The number of carbonyl (C=O) groups excluding carboxylic acids is 1. The second-order valence-corrected chi connectivity index (χ2v) is 7.84. The maximum absolute atomic E-state index is 12.3. The van der Waals surface area contributed by atoms with Gasteiger partial charge in [-0.3, -0.25) is 4.90 Å². The van der Waals surface area contributed by atoms with Crippen LogP contribution < -0.4 is 0 Å². The molecule has 23 heavy (non-hydrogen) atoms. The van der Waals surface area contributed by atoms with Crippen LogP contribution in [0.5, 0.6) is 0 Å². The first-order valence-electron chi connectivity index (χ1n) is 6.87. The number of hydrogen-bond donors (Lipinski definition) is 0. The number of halogens is 3. The van der Waals surface area contributed by atoms with Crippen molar-refractivity contribution in [2.24, 2.45) is 0 Å². The molecular formula is C13H20F3NO5S. The zero-order chi connectivity index (χ0) is 18.2. The highest BCUT2D eigenvalue weighted by Gasteiger charge is 2.49. The predicted molar refractivity (Wildman–Crippen MR) is 75.8 cm³/mol. The van der Waals surface area contributed by atoms with E-state index in [2.05, 4.69) is 4.18 Å². The molecule has 0 saturated carbocycles. The van der Waals surface area contributed by atoms with E-state index in [0.29, 0.717) is 0 Å². The van der Waals surface area contributed by atoms with Crippen LogP contribution in [0.2, 0.25) is 0 Å². The molecule has 1 heterocycles. The molecule has 0 aliphatic carbocycles. The Morgan fingerprint density at radius 2 is 1.78 bits per heavy atom. The molecule has 0 unspecified atom stereocenters. The van der Waals surface area contributed by atoms with Crippen molar-refractivity contribution in [2.45, 2.75) is 64.2 Å². The van der Waals surface area contributed by atoms with Gasteiger partial charge in [-0.25, -0.2) is 4.79 Å². The van der Waals surface area contributed by atoms with Crippen LogP contribution in [0, 0.1) is 0 Å². The fraction of sp³-hybridized carbons (Fsp3) is 0.769. The maximum atomic E-state index is 12.3. The van der Waals surface area contributed by atoms with E-state index in [-0.39, 0.29) is 12.2 Å². The van der Waals surface area contributed by atoms with Crippen LogP contribution in [0.4, 0.5) is 18.0 Å². The van der Waals surface area contributed by atoms with Crippen LogP contribution in [-0.2, 0) is 19.0 Å². The van der Waals surface area contributed by atoms with Crippen molar-refractivity contribution >= 4 is 16.2 Å². The Hall–Kier alpha value is -1.45. The molecule has 134 valence electrons. The highest BCUT2D eigenvalue weighted by atomic mass is 32.2. The summed E-state index contributed by atoms with van der Waals surface area (Å²) in [5.74, 6) is -0.345. The van der Waals surface area contributed by atoms with E-state index in [9.17, 15) is 26.4 Å². The molecule has 0 radical (unpaired) electrons. The molecule has 0 aromatic heterocycles. The van der Waals surface area contributed by atoms with Crippen LogP contribution in [-0.4, -0.2) is 42.6 Å². The van der Waals surface area contributed by atoms with Crippen molar-refractivity contribution in [1.82, 2.24) is 4.90 Å². The van der Waals surface area contributed by atoms with E-state index in [4.69, 9.17) is 4.74 Å². The summed E-state index contributed by atoms with van der Waals surface area (Å²) in [6.45, 7) is 8.15. The van der Waals surface area contributed by atoms with Crippen LogP contribution in [0.25, 0.3) is 0 Å². The van der Waals surface area contributed by atoms with Crippen LogP contribution in [0.15, 0.2) is 11.8 Å². The highest BCUT2D eigenvalue weighted by molar-refractivity contribution is 7.87. The van der Waals surface area contributed by atoms with Gasteiger partial charge in [0.1, 0.15) is 11.4 Å². The van der Waals surface area contributed by atoms with E-state index in [1.165, 1.54) is 11.8 Å². The van der Waals surface area contributed by atoms with E-state index >= 15 is 0 Å². The summed E-state index contributed by atoms with van der Waals surface area (Å²) in [5, 5.41) is 0. The summed E-state index contributed by atoms with van der Waals surface area (Å²) in [5.41, 5.74) is -6.22. The van der Waals surface area contributed by atoms with E-state index < -0.39 is 39.4 Å². The summed E-state index contributed by atoms with van der Waals surface area (Å²) in [7, 11) is -5.71. The summed E-state index contributed by atoms with van der Waals surface area (Å²) >= 11 is 0. The van der Waals surface area contributed by atoms with Gasteiger partial charge in [-0.15, -0.1) is 0 Å². The molecule has 0 bridgehead atoms. The van der Waals surface area contributed by atoms with Crippen molar-refractivity contribution in [1.29, 1.82) is 0 Å². The summed E-state index contributed by atoms with van der Waals surface area (Å²) < 4.78 is 68.5. The largest absolute Gasteiger partial charge is 0.534 e. The fourth-order valence-electron chi connectivity index (χ4n) is 2.12. The Bertz CT molecular complexity index is 592. The lowest BCUT2D eigenvalue weighted by Gasteiger charge is -2.38. The molecule has 2 atom stereocenters. The third-order valence-corrected chi connectivity index (χ3v) is 3.94. The number of carbonyl (C=O) groups is 1. The van der Waals surface area contributed by atoms with E-state index in [1.54, 1.807) is 27.7 Å². The molecular weight excluding hydrogens is 339 g/mol. The Labute approximate surface area is 133 Å². The van der Waals surface area contributed by atoms with Crippen LogP contribution >= 0.6 is 0 Å². The van der Waals surface area contributed by atoms with Gasteiger partial charge in [0, 0.05) is 12.5 Å². The Kier molecular flexibility index (Phi) is 5.30. The van der Waals surface area contributed by atoms with E-state index in [0.717, 1.165) is 6.08 Å². The second kappa shape index (κ2) is 6.21. The van der Waals surface area contributed by atoms with Gasteiger partial charge in [0.2, 0.25) is 0 Å². The SMILES string of the molecule is C[C@H]1C=C(OS(=O)(=O)C(F)(F)F)C[C@H](C)N1C(=O)OC(C)(C)C. The highest BCUT2D eigenvalue weighted by Crippen LogP contribution is 2.31. The number of alkyl halides is 3. The molecule has 0 aromatic carbocycles. The Morgan fingerprint density at radius 1 is 1.26 bits per heavy atom. The average Bonchev–Trinajstić information content (AvgIpc) is 2.22. The molecule has 1 aliphatic heterocycles. The summed E-state index contributed by atoms with van der Waals surface area (Å²) in [6, 6.07) is -1.25. The van der Waals surface area contributed by atoms with Gasteiger partial charge in [0.25, 0.3) is 0 Å². The van der Waals surface area contributed by atoms with Gasteiger partial charge in [0.05, 0.1) is 6.04 Å². The van der Waals surface area contributed by atoms with Crippen molar-refractivity contribution < 1.29 is 35.3 Å². The standard InChI is InChI=1S/C13H20F3NO5S/c1-8-6-10(22-23(19,20)13(14,15)16)7-9(2)17(8)11(18)21-12(3,4)5/h6,8-9H,7H2,1-5H3/t8-,9-/m0/s1. The maximum Gasteiger partial charge on any atom is 0.534 e. The number of nitrogens with zero attached hydrogens (tertiary/aromatic N) is 1. The van der Waals surface area contributed by atoms with Gasteiger partial charge in [0.15, 0.2) is 0 Å². The zero-order valence-corrected chi connectivity index (χ0v) is 14.3. The molecule has 1 amide bonds. The van der Waals surface area contributed by atoms with Crippen molar-refractivity contribution in [3.63, 3.8) is 0 Å². The zero-order valence-electron chi connectivity index (χ0n) is 13.5. The number of ether oxygens (including phenoxy) is 1. The number of hydrogen-bond acceptors (Lipinski definition) is 5. The van der Waals surface area contributed by atoms with Gasteiger partial charge < -0.3 is 8.92 Å². The first-order chi connectivity index (χ1) is 10.1. The molecule has 0 saturated heterocycles. The van der Waals surface area contributed by atoms with Crippen molar-refractivity contribution in [2.75, 3.05) is 0 Å². The second-order valence-electron chi connectivity index (χ2n) is 6.30. The predicted octanol–water partition coefficient (Wildman–Crippen LogP) is 3.15. The lowest BCUT2D eigenvalue weighted by molar-refractivity contribution is -0.0529. The lowest BCUT2D eigenvalue weighted by atomic mass is 10.0. The third-order valence-electron chi connectivity index (χ3n) is 2.94. The number of amides is 1. The molecule has 0 fully saturated rings. The van der Waals surface area contributed by atoms with Gasteiger partial charge >= 0.3 is 21.7 Å². The minimum atomic E-state index is -5.71. The Morgan fingerprint density at radius 3 is 2.17 bits per heavy atom. The minimum Gasteiger partial charge on any atom is -0.444 e. The van der Waals surface area contributed by atoms with Crippen LogP contribution in [0.3, 0.4) is 0 Å². The smallest absolute Gasteiger partial charge is 0.444 e. The first-order valence-corrected chi connectivity index (χ1v) is 8.27. The summed E-state index contributed by atoms with van der Waals surface area (Å²) in [4.78, 5) is 13.4. The quantitative estimate of drug-likeness (QED) is 0.559. The van der Waals surface area contributed by atoms with Crippen molar-refractivity contribution in [3.8, 4) is 0 Å². The molecule has 1 aliphatic rings. The third kappa shape index (κ3) is 5.02. The minimum absolute atomic E-state index is 0.168. The lowest BCUT2D eigenvalue weighted by Crippen LogP contribution is -2.49. The summed E-state index contributed by atoms with van der Waals surface area (Å²) in [6.07, 6.45) is 0.359. The average molecular weight is 359 g/mol. The topological polar surface area (TPSA) is 72.9 Å². The normalized spacial score (nSPS) is 23.3. The monoisotopic (exact) mass is 359 g/mol. The molecule has 1 rings (SSSR count). The van der Waals surface area contributed by atoms with Gasteiger partial charge in [-0.05, 0) is 40.7 Å². The van der Waals surface area contributed by atoms with E-state index in [1.807, 2.05) is 0 Å². The van der Waals surface area contributed by atoms with Crippen molar-refractivity contribution in [3.05, 3.63) is 11.8 Å². The molecule has 0 aromatic rings. The first kappa shape index (κ1) is 19.6. The van der Waals surface area contributed by atoms with Gasteiger partial charge in [-0.2, -0.15) is 21.6 Å². The number of rotatable bonds is 2. The Balaban J connectivity index is 2.94. The van der Waals surface area contributed by atoms with Crippen LogP contribution in [0.1, 0.15) is 41.0 Å².